The number of benzene rings is 1. The van der Waals surface area contributed by atoms with Crippen LogP contribution >= 0.6 is 0 Å². The highest BCUT2D eigenvalue weighted by atomic mass is 16.5. The summed E-state index contributed by atoms with van der Waals surface area (Å²) in [5.74, 6) is 0.0723. The van der Waals surface area contributed by atoms with Crippen LogP contribution in [0.25, 0.3) is 11.1 Å². The predicted molar refractivity (Wildman–Crippen MR) is 104 cm³/mol. The van der Waals surface area contributed by atoms with Crippen LogP contribution in [0.4, 0.5) is 4.79 Å². The summed E-state index contributed by atoms with van der Waals surface area (Å²) in [6, 6.07) is 7.90. The number of hydrogen-bond acceptors (Lipinski definition) is 4. The molecule has 0 radical (unpaired) electrons. The number of ether oxygens (including phenoxy) is 1. The molecular weight excluding hydrogens is 346 g/mol. The van der Waals surface area contributed by atoms with Gasteiger partial charge >= 0.3 is 12.0 Å². The molecule has 0 spiro atoms. The Morgan fingerprint density at radius 2 is 1.89 bits per heavy atom. The van der Waals surface area contributed by atoms with Gasteiger partial charge in [0, 0.05) is 26.2 Å². The van der Waals surface area contributed by atoms with E-state index < -0.39 is 12.0 Å². The first-order valence-corrected chi connectivity index (χ1v) is 9.39. The molecule has 2 unspecified atom stereocenters. The third-order valence-corrected chi connectivity index (χ3v) is 4.79. The monoisotopic (exact) mass is 375 g/mol. The van der Waals surface area contributed by atoms with Crippen LogP contribution in [0.5, 0.6) is 0 Å². The maximum Gasteiger partial charge on any atom is 0.326 e. The minimum absolute atomic E-state index is 0.211. The minimum atomic E-state index is -0.753. The Kier molecular flexibility index (Phi) is 8.80. The lowest BCUT2D eigenvalue weighted by Crippen LogP contribution is -2.45. The van der Waals surface area contributed by atoms with Gasteiger partial charge in [-0.05, 0) is 48.6 Å². The summed E-state index contributed by atoms with van der Waals surface area (Å²) in [6.07, 6.45) is 7.63. The second kappa shape index (κ2) is 11.4. The number of amides is 2. The molecule has 0 aromatic heterocycles. The van der Waals surface area contributed by atoms with Crippen LogP contribution in [-0.2, 0) is 9.53 Å². The molecule has 0 aromatic rings. The van der Waals surface area contributed by atoms with E-state index in [4.69, 9.17) is 15.6 Å². The van der Waals surface area contributed by atoms with Crippen LogP contribution in [0.3, 0.4) is 0 Å². The van der Waals surface area contributed by atoms with Gasteiger partial charge in [-0.15, -0.1) is 0 Å². The van der Waals surface area contributed by atoms with Crippen molar-refractivity contribution >= 4 is 12.0 Å². The number of allylic oxidation sites excluding steroid dienone is 2. The molecular formula is C20H29N3O4. The maximum atomic E-state index is 10.6. The number of rotatable bonds is 9. The van der Waals surface area contributed by atoms with Crippen molar-refractivity contribution in [3.8, 4) is 11.1 Å². The zero-order chi connectivity index (χ0) is 19.5. The van der Waals surface area contributed by atoms with E-state index >= 15 is 0 Å². The van der Waals surface area contributed by atoms with E-state index in [9.17, 15) is 9.59 Å². The lowest BCUT2D eigenvalue weighted by molar-refractivity contribution is -0.137. The summed E-state index contributed by atoms with van der Waals surface area (Å²) >= 11 is 0. The molecule has 148 valence electrons. The molecule has 5 N–H and O–H groups in total. The van der Waals surface area contributed by atoms with Gasteiger partial charge in [0.15, 0.2) is 0 Å². The van der Waals surface area contributed by atoms with E-state index in [-0.39, 0.29) is 6.42 Å². The number of carbonyl (C=O) groups excluding carboxylic acids is 1. The van der Waals surface area contributed by atoms with E-state index in [1.807, 2.05) is 6.08 Å². The Labute approximate surface area is 159 Å². The minimum Gasteiger partial charge on any atom is -0.481 e. The number of carboxylic acid groups (broad SMARTS) is 1. The van der Waals surface area contributed by atoms with Crippen LogP contribution in [0.2, 0.25) is 0 Å². The Hall–Kier alpha value is -2.38. The number of carbonyl (C=O) groups is 2. The van der Waals surface area contributed by atoms with Gasteiger partial charge in [-0.25, -0.2) is 10.2 Å². The van der Waals surface area contributed by atoms with Crippen molar-refractivity contribution in [2.45, 2.75) is 32.1 Å². The van der Waals surface area contributed by atoms with Gasteiger partial charge in [-0.2, -0.15) is 0 Å². The van der Waals surface area contributed by atoms with E-state index in [0.717, 1.165) is 25.9 Å². The fraction of sp³-hybridized carbons (Fsp3) is 0.500. The van der Waals surface area contributed by atoms with Crippen LogP contribution in [0.15, 0.2) is 36.4 Å². The number of aliphatic carboxylic acids is 1. The number of primary amides is 1. The van der Waals surface area contributed by atoms with E-state index in [1.165, 1.54) is 11.1 Å². The quantitative estimate of drug-likeness (QED) is 0.306. The van der Waals surface area contributed by atoms with Crippen molar-refractivity contribution in [2.24, 2.45) is 17.6 Å². The normalized spacial score (nSPS) is 19.9. The fourth-order valence-corrected chi connectivity index (χ4v) is 3.06. The molecule has 0 aromatic carbocycles. The third kappa shape index (κ3) is 7.80. The van der Waals surface area contributed by atoms with Crippen molar-refractivity contribution < 1.29 is 19.4 Å². The van der Waals surface area contributed by atoms with Gasteiger partial charge in [0.2, 0.25) is 0 Å². The molecule has 7 nitrogen and oxygen atoms in total. The summed E-state index contributed by atoms with van der Waals surface area (Å²) in [6.45, 7) is 2.12. The average Bonchev–Trinajstić information content (AvgIpc) is 2.62. The molecule has 1 fully saturated rings. The Morgan fingerprint density at radius 3 is 2.44 bits per heavy atom. The SMILES string of the molecule is NC(=O)NNCC1CCOCC1CC=CCCCC(=O)O.c1cc2ccc1-2. The molecule has 27 heavy (non-hydrogen) atoms. The Bertz CT molecular complexity index is 610. The molecule has 3 rings (SSSR count). The summed E-state index contributed by atoms with van der Waals surface area (Å²) in [5, 5.41) is 8.54. The highest BCUT2D eigenvalue weighted by Gasteiger charge is 2.24. The average molecular weight is 375 g/mol. The van der Waals surface area contributed by atoms with Crippen molar-refractivity contribution in [1.29, 1.82) is 0 Å². The van der Waals surface area contributed by atoms with Gasteiger partial charge in [0.25, 0.3) is 0 Å². The topological polar surface area (TPSA) is 114 Å². The van der Waals surface area contributed by atoms with Crippen molar-refractivity contribution in [2.75, 3.05) is 19.8 Å². The number of nitrogens with one attached hydrogen (secondary N) is 2. The Balaban J connectivity index is 0.000000358. The number of hydrazine groups is 1. The van der Waals surface area contributed by atoms with Crippen LogP contribution in [-0.4, -0.2) is 36.9 Å². The number of nitrogens with two attached hydrogens (primary N) is 1. The summed E-state index contributed by atoms with van der Waals surface area (Å²) in [4.78, 5) is 21.0. The highest BCUT2D eigenvalue weighted by molar-refractivity contribution is 5.75. The van der Waals surface area contributed by atoms with Gasteiger partial charge in [0.05, 0.1) is 0 Å². The van der Waals surface area contributed by atoms with E-state index in [0.29, 0.717) is 31.4 Å². The largest absolute Gasteiger partial charge is 0.481 e. The van der Waals surface area contributed by atoms with Crippen LogP contribution < -0.4 is 16.6 Å². The molecule has 1 aliphatic heterocycles. The van der Waals surface area contributed by atoms with E-state index in [1.54, 1.807) is 0 Å². The fourth-order valence-electron chi connectivity index (χ4n) is 3.06. The number of hydrogen-bond donors (Lipinski definition) is 4. The van der Waals surface area contributed by atoms with Gasteiger partial charge in [0.1, 0.15) is 0 Å². The summed E-state index contributed by atoms with van der Waals surface area (Å²) < 4.78 is 5.50. The van der Waals surface area contributed by atoms with Crippen molar-refractivity contribution in [3.63, 3.8) is 0 Å². The second-order valence-corrected chi connectivity index (χ2v) is 6.82. The first kappa shape index (κ1) is 20.9. The van der Waals surface area contributed by atoms with Gasteiger partial charge in [-0.1, -0.05) is 36.4 Å². The first-order chi connectivity index (χ1) is 13.1. The molecule has 1 heterocycles. The standard InChI is InChI=1S/C14H25N3O4.C6H4/c15-14(20)17-16-9-11-7-8-21-10-12(11)5-3-1-2-4-6-13(18)19;1-2-6-4-3-5(1)6/h1,3,11-12,16H,2,4-10H2,(H,18,19)(H3,15,17,20);1-4H. The second-order valence-electron chi connectivity index (χ2n) is 6.82. The van der Waals surface area contributed by atoms with Crippen LogP contribution in [0.1, 0.15) is 32.1 Å². The number of unbranched alkanes of at least 4 members (excludes halogenated alkanes) is 1. The molecule has 2 aliphatic carbocycles. The highest BCUT2D eigenvalue weighted by Crippen LogP contribution is 2.29. The molecule has 2 atom stereocenters. The smallest absolute Gasteiger partial charge is 0.326 e. The number of urea groups is 1. The molecule has 3 aliphatic rings. The lowest BCUT2D eigenvalue weighted by atomic mass is 9.86. The summed E-state index contributed by atoms with van der Waals surface area (Å²) in [7, 11) is 0. The maximum absolute atomic E-state index is 10.6. The molecule has 7 heteroatoms. The predicted octanol–water partition coefficient (Wildman–Crippen LogP) is 2.68. The Morgan fingerprint density at radius 1 is 1.19 bits per heavy atom. The van der Waals surface area contributed by atoms with E-state index in [2.05, 4.69) is 41.2 Å². The van der Waals surface area contributed by atoms with Crippen molar-refractivity contribution in [1.82, 2.24) is 10.9 Å². The zero-order valence-corrected chi connectivity index (χ0v) is 15.5. The molecule has 1 saturated heterocycles. The molecule has 0 bridgehead atoms. The number of fused-ring (bicyclic) bond motifs is 1. The summed E-state index contributed by atoms with van der Waals surface area (Å²) in [5.41, 5.74) is 13.1. The molecule has 0 saturated carbocycles. The third-order valence-electron chi connectivity index (χ3n) is 4.79. The zero-order valence-electron chi connectivity index (χ0n) is 15.5. The number of carboxylic acids is 1. The lowest BCUT2D eigenvalue weighted by Gasteiger charge is -2.31. The van der Waals surface area contributed by atoms with Gasteiger partial charge < -0.3 is 15.6 Å². The molecule has 2 amide bonds. The van der Waals surface area contributed by atoms with Crippen molar-refractivity contribution in [3.05, 3.63) is 36.4 Å². The van der Waals surface area contributed by atoms with Gasteiger partial charge in [-0.3, -0.25) is 10.2 Å². The first-order valence-electron chi connectivity index (χ1n) is 9.39. The van der Waals surface area contributed by atoms with Crippen LogP contribution in [0, 0.1) is 11.8 Å².